The van der Waals surface area contributed by atoms with E-state index in [0.717, 1.165) is 17.0 Å². The van der Waals surface area contributed by atoms with Gasteiger partial charge in [-0.3, -0.25) is 19.3 Å². The molecule has 0 unspecified atom stereocenters. The van der Waals surface area contributed by atoms with E-state index in [9.17, 15) is 28.0 Å². The molecule has 0 aliphatic carbocycles. The number of carbonyl (C=O) groups excluding carboxylic acids is 4. The van der Waals surface area contributed by atoms with Gasteiger partial charge in [-0.15, -0.1) is 0 Å². The maximum absolute atomic E-state index is 13.4. The van der Waals surface area contributed by atoms with Crippen molar-refractivity contribution in [3.8, 4) is 0 Å². The predicted molar refractivity (Wildman–Crippen MR) is 80.3 cm³/mol. The summed E-state index contributed by atoms with van der Waals surface area (Å²) in [5, 5.41) is 4.48. The molecule has 0 bridgehead atoms. The van der Waals surface area contributed by atoms with Gasteiger partial charge in [0.1, 0.15) is 11.6 Å². The Morgan fingerprint density at radius 3 is 2.68 bits per heavy atom. The fourth-order valence-corrected chi connectivity index (χ4v) is 2.06. The highest BCUT2D eigenvalue weighted by Gasteiger charge is 2.27. The topological polar surface area (TPSA) is 105 Å². The molecule has 1 fully saturated rings. The molecule has 0 spiro atoms. The Morgan fingerprint density at radius 2 is 2.04 bits per heavy atom. The number of hydrogen-bond acceptors (Lipinski definition) is 5. The summed E-state index contributed by atoms with van der Waals surface area (Å²) >= 11 is 0. The van der Waals surface area contributed by atoms with E-state index in [1.54, 1.807) is 0 Å². The minimum atomic E-state index is -0.951. The largest absolute Gasteiger partial charge is 0.456 e. The molecule has 25 heavy (non-hydrogen) atoms. The molecule has 1 saturated heterocycles. The second-order valence-corrected chi connectivity index (χ2v) is 5.14. The molecule has 0 aromatic heterocycles. The van der Waals surface area contributed by atoms with Crippen molar-refractivity contribution >= 4 is 29.5 Å². The molecule has 0 saturated carbocycles. The molecule has 10 heteroatoms. The number of rotatable bonds is 7. The lowest BCUT2D eigenvalue weighted by Crippen LogP contribution is -2.32. The normalized spacial score (nSPS) is 13.6. The standard InChI is InChI=1S/C15H15F2N3O5/c16-9-3-4-11(10(17)6-9)19-12(21)8-25-14(23)2-1-5-20-13(22)7-18-15(20)24/h3-4,6H,1-2,5,7-8H2,(H,18,24)(H,19,21). The predicted octanol–water partition coefficient (Wildman–Crippen LogP) is 0.778. The van der Waals surface area contributed by atoms with Crippen LogP contribution in [0.2, 0.25) is 0 Å². The van der Waals surface area contributed by atoms with Crippen LogP contribution in [0.15, 0.2) is 18.2 Å². The van der Waals surface area contributed by atoms with Crippen molar-refractivity contribution in [2.24, 2.45) is 0 Å². The lowest BCUT2D eigenvalue weighted by atomic mass is 10.3. The van der Waals surface area contributed by atoms with Crippen LogP contribution in [0.4, 0.5) is 19.3 Å². The molecule has 2 rings (SSSR count). The molecule has 1 aromatic carbocycles. The highest BCUT2D eigenvalue weighted by molar-refractivity contribution is 6.01. The van der Waals surface area contributed by atoms with Crippen molar-refractivity contribution in [1.29, 1.82) is 0 Å². The first-order valence-electron chi connectivity index (χ1n) is 7.35. The Labute approximate surface area is 141 Å². The number of benzene rings is 1. The molecule has 2 N–H and O–H groups in total. The molecule has 0 atom stereocenters. The SMILES string of the molecule is O=C(COC(=O)CCCN1C(=O)CNC1=O)Nc1ccc(F)cc1F. The van der Waals surface area contributed by atoms with Crippen LogP contribution in [0.1, 0.15) is 12.8 Å². The molecule has 134 valence electrons. The van der Waals surface area contributed by atoms with Gasteiger partial charge in [0.2, 0.25) is 5.91 Å². The summed E-state index contributed by atoms with van der Waals surface area (Å²) < 4.78 is 30.8. The number of hydrogen-bond donors (Lipinski definition) is 2. The third-order valence-corrected chi connectivity index (χ3v) is 3.27. The van der Waals surface area contributed by atoms with Crippen molar-refractivity contribution in [3.05, 3.63) is 29.8 Å². The number of anilines is 1. The van der Waals surface area contributed by atoms with E-state index in [0.29, 0.717) is 6.07 Å². The van der Waals surface area contributed by atoms with Gasteiger partial charge < -0.3 is 15.4 Å². The molecule has 0 radical (unpaired) electrons. The fourth-order valence-electron chi connectivity index (χ4n) is 2.06. The van der Waals surface area contributed by atoms with Crippen LogP contribution in [0, 0.1) is 11.6 Å². The minimum absolute atomic E-state index is 0.0623. The number of amides is 4. The van der Waals surface area contributed by atoms with Gasteiger partial charge in [0.15, 0.2) is 6.61 Å². The van der Waals surface area contributed by atoms with Crippen molar-refractivity contribution in [2.45, 2.75) is 12.8 Å². The number of urea groups is 1. The molecule has 1 aliphatic rings. The van der Waals surface area contributed by atoms with Crippen LogP contribution in [-0.4, -0.2) is 48.4 Å². The van der Waals surface area contributed by atoms with E-state index < -0.39 is 36.1 Å². The highest BCUT2D eigenvalue weighted by atomic mass is 19.1. The Balaban J connectivity index is 1.68. The average molecular weight is 355 g/mol. The van der Waals surface area contributed by atoms with Crippen LogP contribution in [0.5, 0.6) is 0 Å². The van der Waals surface area contributed by atoms with Crippen LogP contribution in [-0.2, 0) is 19.1 Å². The van der Waals surface area contributed by atoms with E-state index in [1.165, 1.54) is 0 Å². The molecule has 1 heterocycles. The lowest BCUT2D eigenvalue weighted by molar-refractivity contribution is -0.147. The van der Waals surface area contributed by atoms with Crippen LogP contribution < -0.4 is 10.6 Å². The fraction of sp³-hybridized carbons (Fsp3) is 0.333. The lowest BCUT2D eigenvalue weighted by Gasteiger charge is -2.11. The summed E-state index contributed by atoms with van der Waals surface area (Å²) in [5.41, 5.74) is -0.235. The molecular formula is C15H15F2N3O5. The second-order valence-electron chi connectivity index (χ2n) is 5.14. The Hall–Kier alpha value is -3.04. The Kier molecular flexibility index (Phi) is 5.98. The quantitative estimate of drug-likeness (QED) is 0.555. The van der Waals surface area contributed by atoms with Crippen LogP contribution in [0.25, 0.3) is 0 Å². The number of imide groups is 1. The highest BCUT2D eigenvalue weighted by Crippen LogP contribution is 2.14. The van der Waals surface area contributed by atoms with Crippen LogP contribution in [0.3, 0.4) is 0 Å². The number of esters is 1. The van der Waals surface area contributed by atoms with Crippen molar-refractivity contribution in [2.75, 3.05) is 25.0 Å². The van der Waals surface area contributed by atoms with Gasteiger partial charge in [-0.2, -0.15) is 0 Å². The number of halogens is 2. The van der Waals surface area contributed by atoms with E-state index in [1.807, 2.05) is 0 Å². The first-order chi connectivity index (χ1) is 11.9. The minimum Gasteiger partial charge on any atom is -0.456 e. The third kappa shape index (κ3) is 5.23. The summed E-state index contributed by atoms with van der Waals surface area (Å²) in [5.74, 6) is -3.60. The van der Waals surface area contributed by atoms with Gasteiger partial charge in [0.05, 0.1) is 12.2 Å². The van der Waals surface area contributed by atoms with Gasteiger partial charge in [-0.05, 0) is 18.6 Å². The van der Waals surface area contributed by atoms with Gasteiger partial charge in [0.25, 0.3) is 5.91 Å². The van der Waals surface area contributed by atoms with Gasteiger partial charge >= 0.3 is 12.0 Å². The maximum Gasteiger partial charge on any atom is 0.324 e. The van der Waals surface area contributed by atoms with Gasteiger partial charge in [-0.1, -0.05) is 0 Å². The molecule has 1 aliphatic heterocycles. The van der Waals surface area contributed by atoms with Crippen molar-refractivity contribution in [1.82, 2.24) is 10.2 Å². The zero-order valence-electron chi connectivity index (χ0n) is 13.0. The Morgan fingerprint density at radius 1 is 1.28 bits per heavy atom. The number of ether oxygens (including phenoxy) is 1. The Bertz CT molecular complexity index is 694. The zero-order valence-corrected chi connectivity index (χ0v) is 13.0. The monoisotopic (exact) mass is 355 g/mol. The number of nitrogens with one attached hydrogen (secondary N) is 2. The van der Waals surface area contributed by atoms with Crippen molar-refractivity contribution in [3.63, 3.8) is 0 Å². The maximum atomic E-state index is 13.4. The summed E-state index contributed by atoms with van der Waals surface area (Å²) in [6, 6.07) is 2.11. The van der Waals surface area contributed by atoms with E-state index >= 15 is 0 Å². The van der Waals surface area contributed by atoms with Gasteiger partial charge in [-0.25, -0.2) is 13.6 Å². The van der Waals surface area contributed by atoms with E-state index in [2.05, 4.69) is 10.6 Å². The van der Waals surface area contributed by atoms with Crippen molar-refractivity contribution < 1.29 is 32.7 Å². The average Bonchev–Trinajstić information content (AvgIpc) is 2.87. The summed E-state index contributed by atoms with van der Waals surface area (Å²) in [7, 11) is 0. The molecule has 4 amide bonds. The van der Waals surface area contributed by atoms with E-state index in [4.69, 9.17) is 4.74 Å². The second kappa shape index (κ2) is 8.18. The van der Waals surface area contributed by atoms with Gasteiger partial charge in [0, 0.05) is 19.0 Å². The summed E-state index contributed by atoms with van der Waals surface area (Å²) in [4.78, 5) is 46.7. The number of carbonyl (C=O) groups is 4. The van der Waals surface area contributed by atoms with E-state index in [-0.39, 0.29) is 37.5 Å². The number of nitrogens with zero attached hydrogens (tertiary/aromatic N) is 1. The zero-order chi connectivity index (χ0) is 18.4. The summed E-state index contributed by atoms with van der Waals surface area (Å²) in [6.07, 6.45) is 0.0848. The first-order valence-corrected chi connectivity index (χ1v) is 7.35. The molecule has 1 aromatic rings. The molecular weight excluding hydrogens is 340 g/mol. The van der Waals surface area contributed by atoms with Crippen LogP contribution >= 0.6 is 0 Å². The smallest absolute Gasteiger partial charge is 0.324 e. The first kappa shape index (κ1) is 18.3. The summed E-state index contributed by atoms with van der Waals surface area (Å²) in [6.45, 7) is -0.644. The third-order valence-electron chi connectivity index (χ3n) is 3.27. The molecule has 8 nitrogen and oxygen atoms in total.